The van der Waals surface area contributed by atoms with Crippen LogP contribution < -0.4 is 19.5 Å². The third kappa shape index (κ3) is 5.59. The summed E-state index contributed by atoms with van der Waals surface area (Å²) in [5, 5.41) is 13.4. The second-order valence-electron chi connectivity index (χ2n) is 5.29. The Morgan fingerprint density at radius 2 is 1.79 bits per heavy atom. The molecule has 10 heteroatoms. The first-order chi connectivity index (χ1) is 13.4. The third-order valence-electron chi connectivity index (χ3n) is 3.45. The average Bonchev–Trinajstić information content (AvgIpc) is 2.70. The lowest BCUT2D eigenvalue weighted by Gasteiger charge is -2.12. The van der Waals surface area contributed by atoms with Crippen LogP contribution in [0.2, 0.25) is 0 Å². The van der Waals surface area contributed by atoms with Gasteiger partial charge in [0.05, 0.1) is 24.8 Å². The molecule has 2 aromatic rings. The van der Waals surface area contributed by atoms with Gasteiger partial charge in [0.1, 0.15) is 11.5 Å². The summed E-state index contributed by atoms with van der Waals surface area (Å²) in [6.45, 7) is -1.15. The van der Waals surface area contributed by atoms with Crippen LogP contribution in [0.1, 0.15) is 0 Å². The van der Waals surface area contributed by atoms with Crippen LogP contribution in [0.3, 0.4) is 0 Å². The second kappa shape index (κ2) is 9.76. The molecule has 0 saturated heterocycles. The van der Waals surface area contributed by atoms with Gasteiger partial charge in [0, 0.05) is 12.1 Å². The predicted octanol–water partition coefficient (Wildman–Crippen LogP) is 2.17. The molecule has 0 aliphatic heterocycles. The molecule has 0 heterocycles. The summed E-state index contributed by atoms with van der Waals surface area (Å²) < 4.78 is 20.1. The van der Waals surface area contributed by atoms with Gasteiger partial charge in [0.15, 0.2) is 19.0 Å². The predicted molar refractivity (Wildman–Crippen MR) is 97.7 cm³/mol. The summed E-state index contributed by atoms with van der Waals surface area (Å²) in [6.07, 6.45) is 0. The average molecular weight is 390 g/mol. The van der Waals surface area contributed by atoms with Crippen LogP contribution in [-0.2, 0) is 14.3 Å². The molecule has 1 N–H and O–H groups in total. The Labute approximate surface area is 160 Å². The lowest BCUT2D eigenvalue weighted by Crippen LogP contribution is -2.24. The van der Waals surface area contributed by atoms with E-state index in [0.717, 1.165) is 0 Å². The number of amides is 1. The number of nitrogens with zero attached hydrogens (tertiary/aromatic N) is 1. The number of methoxy groups -OCH3 is 2. The summed E-state index contributed by atoms with van der Waals surface area (Å²) in [6, 6.07) is 10.4. The Morgan fingerprint density at radius 1 is 1.04 bits per heavy atom. The van der Waals surface area contributed by atoms with Crippen molar-refractivity contribution >= 4 is 23.3 Å². The number of nitro groups is 1. The summed E-state index contributed by atoms with van der Waals surface area (Å²) in [5.41, 5.74) is 0.0669. The zero-order valence-electron chi connectivity index (χ0n) is 15.2. The van der Waals surface area contributed by atoms with E-state index in [1.54, 1.807) is 18.2 Å². The Morgan fingerprint density at radius 3 is 2.46 bits per heavy atom. The highest BCUT2D eigenvalue weighted by Gasteiger charge is 2.16. The highest BCUT2D eigenvalue weighted by molar-refractivity contribution is 5.94. The molecule has 0 spiro atoms. The van der Waals surface area contributed by atoms with E-state index in [0.29, 0.717) is 17.2 Å². The SMILES string of the molecule is COc1ccc(OC)c(NC(=O)COC(=O)COc2ccccc2[N+](=O)[O-])c1. The number of para-hydroxylation sites is 2. The lowest BCUT2D eigenvalue weighted by atomic mass is 10.2. The van der Waals surface area contributed by atoms with Gasteiger partial charge >= 0.3 is 11.7 Å². The first-order valence-corrected chi connectivity index (χ1v) is 7.98. The Kier molecular flexibility index (Phi) is 7.14. The number of rotatable bonds is 9. The van der Waals surface area contributed by atoms with Crippen LogP contribution >= 0.6 is 0 Å². The molecule has 0 bridgehead atoms. The minimum absolute atomic E-state index is 0.0741. The molecule has 1 amide bonds. The van der Waals surface area contributed by atoms with E-state index in [4.69, 9.17) is 18.9 Å². The van der Waals surface area contributed by atoms with Crippen molar-refractivity contribution in [3.63, 3.8) is 0 Å². The number of ether oxygens (including phenoxy) is 4. The van der Waals surface area contributed by atoms with Gasteiger partial charge in [-0.15, -0.1) is 0 Å². The van der Waals surface area contributed by atoms with Gasteiger partial charge in [-0.1, -0.05) is 12.1 Å². The largest absolute Gasteiger partial charge is 0.497 e. The van der Waals surface area contributed by atoms with Crippen molar-refractivity contribution in [1.82, 2.24) is 0 Å². The topological polar surface area (TPSA) is 126 Å². The van der Waals surface area contributed by atoms with Crippen molar-refractivity contribution < 1.29 is 33.5 Å². The number of carbonyl (C=O) groups excluding carboxylic acids is 2. The van der Waals surface area contributed by atoms with Crippen molar-refractivity contribution in [2.45, 2.75) is 0 Å². The molecule has 0 aliphatic rings. The quantitative estimate of drug-likeness (QED) is 0.392. The Bertz CT molecular complexity index is 868. The molecule has 0 saturated carbocycles. The molecule has 0 aliphatic carbocycles. The van der Waals surface area contributed by atoms with Gasteiger partial charge in [-0.25, -0.2) is 4.79 Å². The van der Waals surface area contributed by atoms with Crippen LogP contribution in [0.15, 0.2) is 42.5 Å². The molecule has 0 aromatic heterocycles. The molecule has 0 radical (unpaired) electrons. The molecule has 0 fully saturated rings. The van der Waals surface area contributed by atoms with Gasteiger partial charge in [0.2, 0.25) is 0 Å². The maximum atomic E-state index is 12.0. The van der Waals surface area contributed by atoms with Crippen molar-refractivity contribution in [2.75, 3.05) is 32.8 Å². The van der Waals surface area contributed by atoms with E-state index in [1.807, 2.05) is 0 Å². The van der Waals surface area contributed by atoms with Gasteiger partial charge in [-0.2, -0.15) is 0 Å². The van der Waals surface area contributed by atoms with E-state index in [2.05, 4.69) is 5.32 Å². The maximum Gasteiger partial charge on any atom is 0.344 e. The van der Waals surface area contributed by atoms with Gasteiger partial charge < -0.3 is 24.3 Å². The normalized spacial score (nSPS) is 9.93. The number of hydrogen-bond acceptors (Lipinski definition) is 8. The number of nitro benzene ring substituents is 1. The summed E-state index contributed by atoms with van der Waals surface area (Å²) >= 11 is 0. The van der Waals surface area contributed by atoms with E-state index in [1.165, 1.54) is 38.5 Å². The maximum absolute atomic E-state index is 12.0. The summed E-state index contributed by atoms with van der Waals surface area (Å²) in [5.74, 6) is -0.627. The Hall–Kier alpha value is -3.82. The van der Waals surface area contributed by atoms with Crippen molar-refractivity contribution in [1.29, 1.82) is 0 Å². The molecular weight excluding hydrogens is 372 g/mol. The van der Waals surface area contributed by atoms with E-state index < -0.39 is 30.0 Å². The highest BCUT2D eigenvalue weighted by Crippen LogP contribution is 2.29. The molecule has 0 unspecified atom stereocenters. The minimum Gasteiger partial charge on any atom is -0.497 e. The molecular formula is C18H18N2O8. The molecule has 148 valence electrons. The van der Waals surface area contributed by atoms with E-state index in [-0.39, 0.29) is 11.4 Å². The zero-order valence-corrected chi connectivity index (χ0v) is 15.2. The molecule has 2 aromatic carbocycles. The third-order valence-corrected chi connectivity index (χ3v) is 3.45. The molecule has 28 heavy (non-hydrogen) atoms. The van der Waals surface area contributed by atoms with Crippen LogP contribution in [0, 0.1) is 10.1 Å². The van der Waals surface area contributed by atoms with Crippen molar-refractivity contribution in [2.24, 2.45) is 0 Å². The number of esters is 1. The van der Waals surface area contributed by atoms with Crippen LogP contribution in [0.25, 0.3) is 0 Å². The molecule has 2 rings (SSSR count). The minimum atomic E-state index is -0.856. The number of carbonyl (C=O) groups is 2. The fraction of sp³-hybridized carbons (Fsp3) is 0.222. The number of nitrogens with one attached hydrogen (secondary N) is 1. The Balaban J connectivity index is 1.86. The van der Waals surface area contributed by atoms with Crippen LogP contribution in [0.4, 0.5) is 11.4 Å². The molecule has 0 atom stereocenters. The summed E-state index contributed by atoms with van der Waals surface area (Å²) in [4.78, 5) is 34.0. The van der Waals surface area contributed by atoms with Crippen LogP contribution in [0.5, 0.6) is 17.2 Å². The van der Waals surface area contributed by atoms with Gasteiger partial charge in [-0.3, -0.25) is 14.9 Å². The lowest BCUT2D eigenvalue weighted by molar-refractivity contribution is -0.385. The van der Waals surface area contributed by atoms with Gasteiger partial charge in [0.25, 0.3) is 5.91 Å². The van der Waals surface area contributed by atoms with Crippen molar-refractivity contribution in [3.05, 3.63) is 52.6 Å². The highest BCUT2D eigenvalue weighted by atomic mass is 16.6. The van der Waals surface area contributed by atoms with E-state index in [9.17, 15) is 19.7 Å². The smallest absolute Gasteiger partial charge is 0.344 e. The molecule has 10 nitrogen and oxygen atoms in total. The first kappa shape index (κ1) is 20.5. The van der Waals surface area contributed by atoms with E-state index >= 15 is 0 Å². The fourth-order valence-electron chi connectivity index (χ4n) is 2.15. The number of anilines is 1. The van der Waals surface area contributed by atoms with Crippen LogP contribution in [-0.4, -0.2) is 44.2 Å². The first-order valence-electron chi connectivity index (χ1n) is 7.98. The second-order valence-corrected chi connectivity index (χ2v) is 5.29. The standard InChI is InChI=1S/C18H18N2O8/c1-25-12-7-8-15(26-2)13(9-12)19-17(21)10-28-18(22)11-27-16-6-4-3-5-14(16)20(23)24/h3-9H,10-11H2,1-2H3,(H,19,21). The number of benzene rings is 2. The zero-order chi connectivity index (χ0) is 20.5. The monoisotopic (exact) mass is 390 g/mol. The summed E-state index contributed by atoms with van der Waals surface area (Å²) in [7, 11) is 2.92. The fourth-order valence-corrected chi connectivity index (χ4v) is 2.15. The van der Waals surface area contributed by atoms with Crippen molar-refractivity contribution in [3.8, 4) is 17.2 Å². The van der Waals surface area contributed by atoms with Gasteiger partial charge in [-0.05, 0) is 18.2 Å². The number of hydrogen-bond donors (Lipinski definition) is 1.